The lowest BCUT2D eigenvalue weighted by molar-refractivity contribution is -0.141. The Kier molecular flexibility index (Phi) is 5.41. The molecule has 0 radical (unpaired) electrons. The molecule has 0 aromatic heterocycles. The van der Waals surface area contributed by atoms with Crippen molar-refractivity contribution in [2.75, 3.05) is 0 Å². The summed E-state index contributed by atoms with van der Waals surface area (Å²) in [5.74, 6) is -3.78. The molecule has 0 bridgehead atoms. The van der Waals surface area contributed by atoms with E-state index in [1.807, 2.05) is 0 Å². The molecule has 0 aliphatic rings. The van der Waals surface area contributed by atoms with Crippen molar-refractivity contribution in [2.45, 2.75) is 18.9 Å². The first-order valence-electron chi connectivity index (χ1n) is 6.95. The van der Waals surface area contributed by atoms with Gasteiger partial charge in [0, 0.05) is 6.42 Å². The van der Waals surface area contributed by atoms with E-state index in [1.54, 1.807) is 30.3 Å². The molecule has 2 N–H and O–H groups in total. The highest BCUT2D eigenvalue weighted by Crippen LogP contribution is 2.10. The number of carbonyl (C=O) groups excluding carboxylic acids is 1. The van der Waals surface area contributed by atoms with E-state index in [0.717, 1.165) is 17.7 Å². The molecule has 0 aliphatic carbocycles. The molecule has 0 heterocycles. The maximum Gasteiger partial charge on any atom is 0.326 e. The summed E-state index contributed by atoms with van der Waals surface area (Å²) in [6, 6.07) is 10.9. The molecule has 23 heavy (non-hydrogen) atoms. The van der Waals surface area contributed by atoms with E-state index < -0.39 is 29.6 Å². The maximum atomic E-state index is 13.1. The number of amides is 1. The standard InChI is InChI=1S/C17H15F2NO3/c18-13-7-6-12(8-14(13)19)10-16(21)20-15(17(22)23)9-11-4-2-1-3-5-11/h1-8,15H,9-10H2,(H,20,21)(H,22,23)/t15-/m0/s1. The highest BCUT2D eigenvalue weighted by molar-refractivity contribution is 5.85. The van der Waals surface area contributed by atoms with E-state index >= 15 is 0 Å². The molecule has 0 spiro atoms. The normalized spacial score (nSPS) is 11.7. The summed E-state index contributed by atoms with van der Waals surface area (Å²) in [5, 5.41) is 11.6. The third kappa shape index (κ3) is 4.88. The molecule has 0 fully saturated rings. The van der Waals surface area contributed by atoms with Crippen molar-refractivity contribution in [3.8, 4) is 0 Å². The van der Waals surface area contributed by atoms with Gasteiger partial charge in [-0.2, -0.15) is 0 Å². The minimum Gasteiger partial charge on any atom is -0.480 e. The van der Waals surface area contributed by atoms with Crippen molar-refractivity contribution >= 4 is 11.9 Å². The van der Waals surface area contributed by atoms with Gasteiger partial charge in [-0.1, -0.05) is 36.4 Å². The molecular formula is C17H15F2NO3. The number of benzene rings is 2. The highest BCUT2D eigenvalue weighted by Gasteiger charge is 2.20. The predicted octanol–water partition coefficient (Wildman–Crippen LogP) is 2.32. The average molecular weight is 319 g/mol. The monoisotopic (exact) mass is 319 g/mol. The van der Waals surface area contributed by atoms with Gasteiger partial charge in [-0.3, -0.25) is 4.79 Å². The van der Waals surface area contributed by atoms with Crippen LogP contribution < -0.4 is 5.32 Å². The number of halogens is 2. The van der Waals surface area contributed by atoms with Crippen molar-refractivity contribution < 1.29 is 23.5 Å². The first kappa shape index (κ1) is 16.6. The first-order valence-corrected chi connectivity index (χ1v) is 6.95. The fourth-order valence-corrected chi connectivity index (χ4v) is 2.13. The highest BCUT2D eigenvalue weighted by atomic mass is 19.2. The van der Waals surface area contributed by atoms with Crippen LogP contribution >= 0.6 is 0 Å². The van der Waals surface area contributed by atoms with Crippen LogP contribution in [-0.4, -0.2) is 23.0 Å². The van der Waals surface area contributed by atoms with Crippen LogP contribution in [0.25, 0.3) is 0 Å². The molecule has 6 heteroatoms. The minimum absolute atomic E-state index is 0.139. The molecular weight excluding hydrogens is 304 g/mol. The van der Waals surface area contributed by atoms with Gasteiger partial charge in [0.25, 0.3) is 0 Å². The fraction of sp³-hybridized carbons (Fsp3) is 0.176. The lowest BCUT2D eigenvalue weighted by Crippen LogP contribution is -2.43. The Morgan fingerprint density at radius 2 is 1.70 bits per heavy atom. The van der Waals surface area contributed by atoms with Gasteiger partial charge in [0.05, 0.1) is 6.42 Å². The summed E-state index contributed by atoms with van der Waals surface area (Å²) in [6.07, 6.45) is -0.0878. The van der Waals surface area contributed by atoms with Gasteiger partial charge in [0.15, 0.2) is 11.6 Å². The van der Waals surface area contributed by atoms with Crippen molar-refractivity contribution in [2.24, 2.45) is 0 Å². The van der Waals surface area contributed by atoms with E-state index in [2.05, 4.69) is 5.32 Å². The Hall–Kier alpha value is -2.76. The predicted molar refractivity (Wildman–Crippen MR) is 79.8 cm³/mol. The fourth-order valence-electron chi connectivity index (χ4n) is 2.13. The van der Waals surface area contributed by atoms with Gasteiger partial charge < -0.3 is 10.4 Å². The van der Waals surface area contributed by atoms with Crippen LogP contribution in [-0.2, 0) is 22.4 Å². The number of hydrogen-bond donors (Lipinski definition) is 2. The molecule has 1 amide bonds. The quantitative estimate of drug-likeness (QED) is 0.859. The Balaban J connectivity index is 2.00. The van der Waals surface area contributed by atoms with Crippen molar-refractivity contribution in [3.05, 3.63) is 71.3 Å². The molecule has 0 unspecified atom stereocenters. The smallest absolute Gasteiger partial charge is 0.326 e. The summed E-state index contributed by atoms with van der Waals surface area (Å²) in [7, 11) is 0. The number of rotatable bonds is 6. The number of aliphatic carboxylic acids is 1. The van der Waals surface area contributed by atoms with Crippen LogP contribution in [0, 0.1) is 11.6 Å². The summed E-state index contributed by atoms with van der Waals surface area (Å²) in [5.41, 5.74) is 1.04. The number of carboxylic acid groups (broad SMARTS) is 1. The van der Waals surface area contributed by atoms with Crippen molar-refractivity contribution in [3.63, 3.8) is 0 Å². The third-order valence-electron chi connectivity index (χ3n) is 3.26. The van der Waals surface area contributed by atoms with E-state index in [1.165, 1.54) is 6.07 Å². The van der Waals surface area contributed by atoms with Crippen molar-refractivity contribution in [1.29, 1.82) is 0 Å². The van der Waals surface area contributed by atoms with Crippen LogP contribution in [0.4, 0.5) is 8.78 Å². The summed E-state index contributed by atoms with van der Waals surface area (Å²) < 4.78 is 25.9. The first-order chi connectivity index (χ1) is 11.0. The molecule has 1 atom stereocenters. The van der Waals surface area contributed by atoms with Gasteiger partial charge in [0.2, 0.25) is 5.91 Å². The Morgan fingerprint density at radius 3 is 2.30 bits per heavy atom. The van der Waals surface area contributed by atoms with Crippen LogP contribution in [0.2, 0.25) is 0 Å². The molecule has 0 saturated carbocycles. The van der Waals surface area contributed by atoms with Crippen molar-refractivity contribution in [1.82, 2.24) is 5.32 Å². The average Bonchev–Trinajstić information content (AvgIpc) is 2.51. The molecule has 2 rings (SSSR count). The summed E-state index contributed by atoms with van der Waals surface area (Å²) >= 11 is 0. The molecule has 0 saturated heterocycles. The molecule has 2 aromatic carbocycles. The lowest BCUT2D eigenvalue weighted by atomic mass is 10.1. The zero-order chi connectivity index (χ0) is 16.8. The topological polar surface area (TPSA) is 66.4 Å². The van der Waals surface area contributed by atoms with E-state index in [-0.39, 0.29) is 18.4 Å². The molecule has 2 aromatic rings. The Labute approximate surface area is 131 Å². The molecule has 4 nitrogen and oxygen atoms in total. The van der Waals surface area contributed by atoms with Gasteiger partial charge >= 0.3 is 5.97 Å². The number of nitrogens with one attached hydrogen (secondary N) is 1. The van der Waals surface area contributed by atoms with Gasteiger partial charge in [-0.15, -0.1) is 0 Å². The van der Waals surface area contributed by atoms with Crippen LogP contribution in [0.3, 0.4) is 0 Å². The van der Waals surface area contributed by atoms with Gasteiger partial charge in [0.1, 0.15) is 6.04 Å². The van der Waals surface area contributed by atoms with Crippen LogP contribution in [0.5, 0.6) is 0 Å². The second kappa shape index (κ2) is 7.49. The second-order valence-electron chi connectivity index (χ2n) is 5.07. The maximum absolute atomic E-state index is 13.1. The Bertz CT molecular complexity index is 704. The number of carbonyl (C=O) groups is 2. The summed E-state index contributed by atoms with van der Waals surface area (Å²) in [4.78, 5) is 23.2. The zero-order valence-electron chi connectivity index (χ0n) is 12.1. The minimum atomic E-state index is -1.16. The van der Waals surface area contributed by atoms with Crippen LogP contribution in [0.15, 0.2) is 48.5 Å². The Morgan fingerprint density at radius 1 is 1.00 bits per heavy atom. The molecule has 0 aliphatic heterocycles. The van der Waals surface area contributed by atoms with Gasteiger partial charge in [-0.25, -0.2) is 13.6 Å². The largest absolute Gasteiger partial charge is 0.480 e. The summed E-state index contributed by atoms with van der Waals surface area (Å²) in [6.45, 7) is 0. The van der Waals surface area contributed by atoms with E-state index in [9.17, 15) is 23.5 Å². The third-order valence-corrected chi connectivity index (χ3v) is 3.26. The van der Waals surface area contributed by atoms with E-state index in [0.29, 0.717) is 0 Å². The SMILES string of the molecule is O=C(Cc1ccc(F)c(F)c1)N[C@@H](Cc1ccccc1)C(=O)O. The van der Waals surface area contributed by atoms with E-state index in [4.69, 9.17) is 0 Å². The van der Waals surface area contributed by atoms with Gasteiger partial charge in [-0.05, 0) is 23.3 Å². The van der Waals surface area contributed by atoms with Crippen LogP contribution in [0.1, 0.15) is 11.1 Å². The lowest BCUT2D eigenvalue weighted by Gasteiger charge is -2.14. The molecule has 120 valence electrons. The number of carboxylic acids is 1. The zero-order valence-corrected chi connectivity index (χ0v) is 12.1. The number of hydrogen-bond acceptors (Lipinski definition) is 2. The second-order valence-corrected chi connectivity index (χ2v) is 5.07.